The smallest absolute Gasteiger partial charge is 0.184 e. The summed E-state index contributed by atoms with van der Waals surface area (Å²) in [6, 6.07) is 0. The van der Waals surface area contributed by atoms with E-state index in [2.05, 4.69) is 11.9 Å². The van der Waals surface area contributed by atoms with E-state index in [9.17, 15) is 0 Å². The van der Waals surface area contributed by atoms with Gasteiger partial charge in [0.25, 0.3) is 0 Å². The number of nitrogens with zero attached hydrogens (tertiary/aromatic N) is 1. The highest BCUT2D eigenvalue weighted by molar-refractivity contribution is 7.15. The molecular formula is C8H10ClNOS. The fraction of sp³-hybridized carbons (Fsp3) is 0.625. The van der Waals surface area contributed by atoms with E-state index >= 15 is 0 Å². The van der Waals surface area contributed by atoms with Crippen LogP contribution in [-0.4, -0.2) is 11.1 Å². The van der Waals surface area contributed by atoms with E-state index in [0.29, 0.717) is 4.47 Å². The Hall–Kier alpha value is -0.120. The van der Waals surface area contributed by atoms with E-state index in [0.717, 1.165) is 12.1 Å². The molecule has 2 rings (SSSR count). The predicted molar refractivity (Wildman–Crippen MR) is 49.8 cm³/mol. The monoisotopic (exact) mass is 203 g/mol. The van der Waals surface area contributed by atoms with Crippen molar-refractivity contribution in [2.24, 2.45) is 0 Å². The minimum absolute atomic E-state index is 0.161. The molecule has 0 fully saturated rings. The summed E-state index contributed by atoms with van der Waals surface area (Å²) < 4.78 is 6.27. The van der Waals surface area contributed by atoms with Crippen LogP contribution in [0.1, 0.15) is 30.5 Å². The Balaban J connectivity index is 2.40. The van der Waals surface area contributed by atoms with Crippen molar-refractivity contribution in [3.05, 3.63) is 15.0 Å². The molecule has 0 amide bonds. The van der Waals surface area contributed by atoms with Crippen LogP contribution in [0.15, 0.2) is 0 Å². The lowest BCUT2D eigenvalue weighted by Crippen LogP contribution is -2.20. The zero-order valence-electron chi connectivity index (χ0n) is 7.00. The molecule has 2 unspecified atom stereocenters. The zero-order chi connectivity index (χ0) is 8.72. The predicted octanol–water partition coefficient (Wildman–Crippen LogP) is 2.82. The average molecular weight is 204 g/mol. The first kappa shape index (κ1) is 8.48. The second-order valence-electron chi connectivity index (χ2n) is 3.07. The van der Waals surface area contributed by atoms with Crippen LogP contribution in [0.3, 0.4) is 0 Å². The molecule has 0 radical (unpaired) electrons. The molecule has 0 N–H and O–H groups in total. The van der Waals surface area contributed by atoms with Crippen LogP contribution < -0.4 is 0 Å². The molecular weight excluding hydrogens is 194 g/mol. The third-order valence-corrected chi connectivity index (χ3v) is 3.35. The third-order valence-electron chi connectivity index (χ3n) is 1.99. The van der Waals surface area contributed by atoms with Gasteiger partial charge in [-0.15, -0.1) is 11.3 Å². The van der Waals surface area contributed by atoms with Crippen molar-refractivity contribution in [1.82, 2.24) is 4.98 Å². The van der Waals surface area contributed by atoms with Gasteiger partial charge in [0.1, 0.15) is 0 Å². The molecule has 2 heterocycles. The molecule has 0 saturated carbocycles. The SMILES string of the molecule is CC1Cc2nc(Cl)sc2C(C)O1. The highest BCUT2D eigenvalue weighted by Gasteiger charge is 2.25. The topological polar surface area (TPSA) is 22.1 Å². The minimum Gasteiger partial charge on any atom is -0.370 e. The molecule has 1 aliphatic rings. The van der Waals surface area contributed by atoms with Crippen molar-refractivity contribution < 1.29 is 4.74 Å². The van der Waals surface area contributed by atoms with Crippen molar-refractivity contribution in [2.75, 3.05) is 0 Å². The molecule has 1 aromatic heterocycles. The number of hydrogen-bond donors (Lipinski definition) is 0. The van der Waals surface area contributed by atoms with Crippen molar-refractivity contribution in [3.63, 3.8) is 0 Å². The van der Waals surface area contributed by atoms with E-state index in [-0.39, 0.29) is 12.2 Å². The van der Waals surface area contributed by atoms with Crippen LogP contribution in [0, 0.1) is 0 Å². The number of ether oxygens (including phenoxy) is 1. The van der Waals surface area contributed by atoms with Gasteiger partial charge in [-0.2, -0.15) is 0 Å². The molecule has 1 aromatic rings. The lowest BCUT2D eigenvalue weighted by atomic mass is 10.1. The number of fused-ring (bicyclic) bond motifs is 1. The molecule has 4 heteroatoms. The summed E-state index contributed by atoms with van der Waals surface area (Å²) in [6.07, 6.45) is 1.32. The highest BCUT2D eigenvalue weighted by Crippen LogP contribution is 2.35. The molecule has 0 bridgehead atoms. The fourth-order valence-electron chi connectivity index (χ4n) is 1.53. The maximum Gasteiger partial charge on any atom is 0.184 e. The van der Waals surface area contributed by atoms with E-state index in [1.807, 2.05) is 6.92 Å². The summed E-state index contributed by atoms with van der Waals surface area (Å²) in [5, 5.41) is 0. The molecule has 12 heavy (non-hydrogen) atoms. The molecule has 2 nitrogen and oxygen atoms in total. The summed E-state index contributed by atoms with van der Waals surface area (Å²) in [6.45, 7) is 4.11. The van der Waals surface area contributed by atoms with Gasteiger partial charge in [-0.3, -0.25) is 0 Å². The van der Waals surface area contributed by atoms with Gasteiger partial charge in [-0.1, -0.05) is 11.6 Å². The maximum absolute atomic E-state index is 5.82. The van der Waals surface area contributed by atoms with Crippen LogP contribution in [0.2, 0.25) is 4.47 Å². The van der Waals surface area contributed by atoms with Gasteiger partial charge >= 0.3 is 0 Å². The average Bonchev–Trinajstić information content (AvgIpc) is 2.29. The van der Waals surface area contributed by atoms with E-state index in [1.165, 1.54) is 16.2 Å². The van der Waals surface area contributed by atoms with Crippen LogP contribution in [0.25, 0.3) is 0 Å². The lowest BCUT2D eigenvalue weighted by Gasteiger charge is -2.23. The van der Waals surface area contributed by atoms with Crippen molar-refractivity contribution >= 4 is 22.9 Å². The Kier molecular flexibility index (Phi) is 2.10. The second kappa shape index (κ2) is 2.98. The van der Waals surface area contributed by atoms with Gasteiger partial charge in [0.2, 0.25) is 0 Å². The van der Waals surface area contributed by atoms with Crippen LogP contribution >= 0.6 is 22.9 Å². The highest BCUT2D eigenvalue weighted by atomic mass is 35.5. The number of rotatable bonds is 0. The number of halogens is 1. The third kappa shape index (κ3) is 1.37. The second-order valence-corrected chi connectivity index (χ2v) is 4.68. The quantitative estimate of drug-likeness (QED) is 0.647. The first-order valence-corrected chi connectivity index (χ1v) is 5.17. The Labute approximate surface area is 80.5 Å². The minimum atomic E-state index is 0.161. The summed E-state index contributed by atoms with van der Waals surface area (Å²) in [5.41, 5.74) is 1.12. The van der Waals surface area contributed by atoms with Crippen LogP contribution in [0.5, 0.6) is 0 Å². The molecule has 2 atom stereocenters. The fourth-order valence-corrected chi connectivity index (χ4v) is 2.69. The standard InChI is InChI=1S/C8H10ClNOS/c1-4-3-6-7(5(2)11-4)12-8(9)10-6/h4-5H,3H2,1-2H3. The Morgan fingerprint density at radius 2 is 2.33 bits per heavy atom. The van der Waals surface area contributed by atoms with Gasteiger partial charge in [-0.25, -0.2) is 4.98 Å². The summed E-state index contributed by atoms with van der Waals surface area (Å²) in [5.74, 6) is 0. The molecule has 0 spiro atoms. The van der Waals surface area contributed by atoms with Gasteiger partial charge in [-0.05, 0) is 13.8 Å². The summed E-state index contributed by atoms with van der Waals surface area (Å²) >= 11 is 7.35. The molecule has 0 aromatic carbocycles. The van der Waals surface area contributed by atoms with E-state index in [1.54, 1.807) is 0 Å². The summed E-state index contributed by atoms with van der Waals surface area (Å²) in [7, 11) is 0. The van der Waals surface area contributed by atoms with E-state index in [4.69, 9.17) is 16.3 Å². The van der Waals surface area contributed by atoms with Gasteiger partial charge in [0.15, 0.2) is 4.47 Å². The van der Waals surface area contributed by atoms with Gasteiger partial charge < -0.3 is 4.74 Å². The lowest BCUT2D eigenvalue weighted by molar-refractivity contribution is -0.00317. The number of thiazole rings is 1. The normalized spacial score (nSPS) is 28.6. The van der Waals surface area contributed by atoms with Crippen molar-refractivity contribution in [3.8, 4) is 0 Å². The first-order chi connectivity index (χ1) is 5.66. The Morgan fingerprint density at radius 3 is 3.08 bits per heavy atom. The first-order valence-electron chi connectivity index (χ1n) is 3.97. The molecule has 0 saturated heterocycles. The van der Waals surface area contributed by atoms with Gasteiger partial charge in [0, 0.05) is 6.42 Å². The largest absolute Gasteiger partial charge is 0.370 e. The molecule has 1 aliphatic heterocycles. The van der Waals surface area contributed by atoms with Gasteiger partial charge in [0.05, 0.1) is 22.8 Å². The number of aromatic nitrogens is 1. The van der Waals surface area contributed by atoms with Crippen LogP contribution in [-0.2, 0) is 11.2 Å². The summed E-state index contributed by atoms with van der Waals surface area (Å²) in [4.78, 5) is 5.45. The zero-order valence-corrected chi connectivity index (χ0v) is 8.58. The molecule has 0 aliphatic carbocycles. The Morgan fingerprint density at radius 1 is 1.58 bits per heavy atom. The maximum atomic E-state index is 5.82. The van der Waals surface area contributed by atoms with Crippen molar-refractivity contribution in [2.45, 2.75) is 32.5 Å². The number of hydrogen-bond acceptors (Lipinski definition) is 3. The van der Waals surface area contributed by atoms with Crippen LogP contribution in [0.4, 0.5) is 0 Å². The molecule has 66 valence electrons. The Bertz CT molecular complexity index is 299. The van der Waals surface area contributed by atoms with Crippen molar-refractivity contribution in [1.29, 1.82) is 0 Å². The van der Waals surface area contributed by atoms with E-state index < -0.39 is 0 Å².